The van der Waals surface area contributed by atoms with Gasteiger partial charge in [0.15, 0.2) is 0 Å². The minimum absolute atomic E-state index is 0.194. The molecule has 97 valence electrons. The number of rotatable bonds is 6. The third kappa shape index (κ3) is 5.48. The Bertz CT molecular complexity index is 376. The maximum Gasteiger partial charge on any atom is 0.408 e. The Hall–Kier alpha value is -1.84. The summed E-state index contributed by atoms with van der Waals surface area (Å²) >= 11 is 0. The summed E-state index contributed by atoms with van der Waals surface area (Å²) in [6, 6.07) is 8.77. The van der Waals surface area contributed by atoms with E-state index in [4.69, 9.17) is 4.74 Å². The number of hydrogen-bond donors (Lipinski definition) is 1. The van der Waals surface area contributed by atoms with Gasteiger partial charge in [0.05, 0.1) is 6.04 Å². The second kappa shape index (κ2) is 7.48. The molecule has 0 saturated carbocycles. The molecule has 1 atom stereocenters. The zero-order chi connectivity index (χ0) is 13.4. The smallest absolute Gasteiger partial charge is 0.408 e. The Labute approximate surface area is 107 Å². The van der Waals surface area contributed by atoms with Crippen LogP contribution in [-0.2, 0) is 16.1 Å². The van der Waals surface area contributed by atoms with Crippen LogP contribution in [0.2, 0.25) is 0 Å². The van der Waals surface area contributed by atoms with Crippen molar-refractivity contribution in [1.82, 2.24) is 5.32 Å². The molecule has 1 N–H and O–H groups in total. The van der Waals surface area contributed by atoms with Crippen LogP contribution in [0.1, 0.15) is 25.8 Å². The first-order valence-electron chi connectivity index (χ1n) is 5.96. The zero-order valence-electron chi connectivity index (χ0n) is 10.7. The number of nitrogens with one attached hydrogen (secondary N) is 1. The highest BCUT2D eigenvalue weighted by atomic mass is 16.5. The van der Waals surface area contributed by atoms with Gasteiger partial charge in [-0.15, -0.1) is 0 Å². The summed E-state index contributed by atoms with van der Waals surface area (Å²) < 4.78 is 5.01. The number of carbonyl (C=O) groups excluding carboxylic acids is 2. The van der Waals surface area contributed by atoms with Gasteiger partial charge in [-0.05, 0) is 17.9 Å². The minimum atomic E-state index is -0.603. The zero-order valence-corrected chi connectivity index (χ0v) is 10.7. The van der Waals surface area contributed by atoms with Crippen LogP contribution in [0.15, 0.2) is 30.3 Å². The summed E-state index contributed by atoms with van der Waals surface area (Å²) in [6.45, 7) is 4.14. The van der Waals surface area contributed by atoms with E-state index in [0.717, 1.165) is 5.56 Å². The molecule has 0 aliphatic rings. The Balaban J connectivity index is 2.34. The first-order valence-corrected chi connectivity index (χ1v) is 5.96. The van der Waals surface area contributed by atoms with E-state index in [1.807, 2.05) is 44.2 Å². The van der Waals surface area contributed by atoms with Gasteiger partial charge < -0.3 is 10.1 Å². The molecule has 0 heterocycles. The first kappa shape index (κ1) is 14.2. The average molecular weight is 248 g/mol. The maximum absolute atomic E-state index is 11.5. The van der Waals surface area contributed by atoms with Gasteiger partial charge in [0.1, 0.15) is 6.61 Å². The molecule has 1 aromatic rings. The van der Waals surface area contributed by atoms with Gasteiger partial charge in [0.25, 0.3) is 0 Å². The average Bonchev–Trinajstić information content (AvgIpc) is 2.36. The molecule has 18 heavy (non-hydrogen) atoms. The van der Waals surface area contributed by atoms with Crippen LogP contribution in [-0.4, -0.2) is 18.4 Å². The Kier molecular flexibility index (Phi) is 5.91. The molecule has 0 unspecified atom stereocenters. The molecule has 0 aromatic heterocycles. The molecule has 1 radical (unpaired) electrons. The largest absolute Gasteiger partial charge is 0.445 e. The second-order valence-electron chi connectivity index (χ2n) is 4.51. The molecule has 1 aromatic carbocycles. The van der Waals surface area contributed by atoms with E-state index in [2.05, 4.69) is 5.32 Å². The highest BCUT2D eigenvalue weighted by Crippen LogP contribution is 2.04. The quantitative estimate of drug-likeness (QED) is 0.841. The van der Waals surface area contributed by atoms with Crippen LogP contribution in [0.4, 0.5) is 4.79 Å². The van der Waals surface area contributed by atoms with Crippen LogP contribution >= 0.6 is 0 Å². The van der Waals surface area contributed by atoms with Gasteiger partial charge in [0.2, 0.25) is 6.29 Å². The molecule has 1 rings (SSSR count). The normalized spacial score (nSPS) is 11.9. The summed E-state index contributed by atoms with van der Waals surface area (Å²) in [5.74, 6) is 0.311. The van der Waals surface area contributed by atoms with Crippen molar-refractivity contribution >= 4 is 12.4 Å². The Morgan fingerprint density at radius 2 is 2.00 bits per heavy atom. The van der Waals surface area contributed by atoms with Gasteiger partial charge in [-0.2, -0.15) is 0 Å². The van der Waals surface area contributed by atoms with Crippen LogP contribution in [0, 0.1) is 5.92 Å². The number of carbonyl (C=O) groups is 1. The topological polar surface area (TPSA) is 55.4 Å². The highest BCUT2D eigenvalue weighted by Gasteiger charge is 2.14. The predicted molar refractivity (Wildman–Crippen MR) is 68.7 cm³/mol. The van der Waals surface area contributed by atoms with E-state index in [1.54, 1.807) is 6.29 Å². The third-order valence-electron chi connectivity index (χ3n) is 2.35. The van der Waals surface area contributed by atoms with Gasteiger partial charge in [-0.3, -0.25) is 4.79 Å². The molecule has 4 heteroatoms. The van der Waals surface area contributed by atoms with Gasteiger partial charge in [0, 0.05) is 0 Å². The van der Waals surface area contributed by atoms with Crippen LogP contribution in [0.5, 0.6) is 0 Å². The molecule has 0 spiro atoms. The van der Waals surface area contributed by atoms with E-state index < -0.39 is 12.1 Å². The molecule has 1 amide bonds. The van der Waals surface area contributed by atoms with E-state index in [-0.39, 0.29) is 6.61 Å². The van der Waals surface area contributed by atoms with Crippen LogP contribution < -0.4 is 5.32 Å². The Morgan fingerprint density at radius 3 is 2.56 bits per heavy atom. The molecule has 4 nitrogen and oxygen atoms in total. The lowest BCUT2D eigenvalue weighted by atomic mass is 10.1. The van der Waals surface area contributed by atoms with E-state index in [0.29, 0.717) is 12.3 Å². The summed E-state index contributed by atoms with van der Waals surface area (Å²) in [4.78, 5) is 22.1. The minimum Gasteiger partial charge on any atom is -0.445 e. The monoisotopic (exact) mass is 248 g/mol. The van der Waals surface area contributed by atoms with Crippen molar-refractivity contribution in [1.29, 1.82) is 0 Å². The SMILES string of the molecule is CC(C)C[C@H]([C]=O)NC(=O)OCc1ccccc1. The van der Waals surface area contributed by atoms with Gasteiger partial charge in [-0.1, -0.05) is 44.2 Å². The number of hydrogen-bond acceptors (Lipinski definition) is 3. The fourth-order valence-corrected chi connectivity index (χ4v) is 1.51. The lowest BCUT2D eigenvalue weighted by Gasteiger charge is -2.14. The van der Waals surface area contributed by atoms with Gasteiger partial charge >= 0.3 is 6.09 Å². The van der Waals surface area contributed by atoms with E-state index in [1.165, 1.54) is 0 Å². The van der Waals surface area contributed by atoms with Crippen molar-refractivity contribution in [3.8, 4) is 0 Å². The highest BCUT2D eigenvalue weighted by molar-refractivity contribution is 5.73. The van der Waals surface area contributed by atoms with Crippen molar-refractivity contribution in [3.05, 3.63) is 35.9 Å². The lowest BCUT2D eigenvalue weighted by molar-refractivity contribution is 0.137. The van der Waals surface area contributed by atoms with E-state index in [9.17, 15) is 9.59 Å². The number of ether oxygens (including phenoxy) is 1. The maximum atomic E-state index is 11.5. The summed E-state index contributed by atoms with van der Waals surface area (Å²) in [5.41, 5.74) is 0.906. The van der Waals surface area contributed by atoms with Crippen molar-refractivity contribution in [2.24, 2.45) is 5.92 Å². The lowest BCUT2D eigenvalue weighted by Crippen LogP contribution is -2.37. The second-order valence-corrected chi connectivity index (χ2v) is 4.51. The number of alkyl carbamates (subject to hydrolysis) is 1. The molecular formula is C14H18NO3. The molecule has 0 aliphatic heterocycles. The summed E-state index contributed by atoms with van der Waals surface area (Å²) in [6.07, 6.45) is 1.77. The van der Waals surface area contributed by atoms with Crippen molar-refractivity contribution in [2.45, 2.75) is 32.9 Å². The Morgan fingerprint density at radius 1 is 1.33 bits per heavy atom. The van der Waals surface area contributed by atoms with Crippen molar-refractivity contribution in [2.75, 3.05) is 0 Å². The molecule has 0 bridgehead atoms. The van der Waals surface area contributed by atoms with Crippen molar-refractivity contribution in [3.63, 3.8) is 0 Å². The molecular weight excluding hydrogens is 230 g/mol. The summed E-state index contributed by atoms with van der Waals surface area (Å²) in [7, 11) is 0. The fourth-order valence-electron chi connectivity index (χ4n) is 1.51. The van der Waals surface area contributed by atoms with Crippen LogP contribution in [0.25, 0.3) is 0 Å². The summed E-state index contributed by atoms with van der Waals surface area (Å²) in [5, 5.41) is 2.48. The van der Waals surface area contributed by atoms with E-state index >= 15 is 0 Å². The molecule has 0 aliphatic carbocycles. The first-order chi connectivity index (χ1) is 8.61. The van der Waals surface area contributed by atoms with Gasteiger partial charge in [-0.25, -0.2) is 4.79 Å². The molecule has 0 fully saturated rings. The van der Waals surface area contributed by atoms with Crippen LogP contribution in [0.3, 0.4) is 0 Å². The predicted octanol–water partition coefficient (Wildman–Crippen LogP) is 2.44. The molecule has 0 saturated heterocycles. The number of benzene rings is 1. The number of amides is 1. The van der Waals surface area contributed by atoms with Crippen molar-refractivity contribution < 1.29 is 14.3 Å². The fraction of sp³-hybridized carbons (Fsp3) is 0.429. The third-order valence-corrected chi connectivity index (χ3v) is 2.35. The standard InChI is InChI=1S/C14H18NO3/c1-11(2)8-13(9-16)15-14(17)18-10-12-6-4-3-5-7-12/h3-7,11,13H,8,10H2,1-2H3,(H,15,17)/t13-/m1/s1.